The van der Waals surface area contributed by atoms with E-state index in [1.54, 1.807) is 0 Å². The molecule has 0 N–H and O–H groups in total. The zero-order valence-electron chi connectivity index (χ0n) is 15.8. The second-order valence-corrected chi connectivity index (χ2v) is 7.73. The molecule has 1 aliphatic carbocycles. The zero-order chi connectivity index (χ0) is 18.8. The third-order valence-corrected chi connectivity index (χ3v) is 5.57. The largest absolute Gasteiger partial charge is 0.426 e. The van der Waals surface area contributed by atoms with E-state index in [1.165, 1.54) is 4.90 Å². The lowest BCUT2D eigenvalue weighted by Crippen LogP contribution is -2.33. The average Bonchev–Trinajstić information content (AvgIpc) is 2.86. The number of amides is 2. The highest BCUT2D eigenvalue weighted by Crippen LogP contribution is 2.38. The normalized spacial score (nSPS) is 22.7. The molecule has 1 heterocycles. The summed E-state index contributed by atoms with van der Waals surface area (Å²) >= 11 is 0. The summed E-state index contributed by atoms with van der Waals surface area (Å²) in [4.78, 5) is 38.4. The molecule has 2 amide bonds. The molecule has 0 unspecified atom stereocenters. The molecule has 1 aromatic carbocycles. The first-order valence-corrected chi connectivity index (χ1v) is 9.55. The van der Waals surface area contributed by atoms with Gasteiger partial charge in [0.25, 0.3) is 0 Å². The van der Waals surface area contributed by atoms with Crippen LogP contribution >= 0.6 is 0 Å². The maximum absolute atomic E-state index is 12.4. The lowest BCUT2D eigenvalue weighted by atomic mass is 9.81. The molecule has 140 valence electrons. The molecule has 5 heteroatoms. The van der Waals surface area contributed by atoms with Crippen LogP contribution < -0.4 is 4.74 Å². The molecule has 26 heavy (non-hydrogen) atoms. The van der Waals surface area contributed by atoms with Crippen molar-refractivity contribution in [1.82, 2.24) is 4.90 Å². The Morgan fingerprint density at radius 3 is 2.35 bits per heavy atom. The number of carbonyl (C=O) groups excluding carboxylic acids is 3. The molecule has 1 aliphatic heterocycles. The molecular weight excluding hydrogens is 330 g/mol. The van der Waals surface area contributed by atoms with Crippen molar-refractivity contribution < 1.29 is 19.1 Å². The summed E-state index contributed by atoms with van der Waals surface area (Å²) in [6.07, 6.45) is 3.61. The lowest BCUT2D eigenvalue weighted by Gasteiger charge is -2.19. The summed E-state index contributed by atoms with van der Waals surface area (Å²) in [5, 5.41) is 0. The maximum atomic E-state index is 12.4. The molecule has 2 atom stereocenters. The first-order valence-electron chi connectivity index (χ1n) is 9.55. The topological polar surface area (TPSA) is 63.7 Å². The number of likely N-dealkylation sites (tertiary alicyclic amines) is 1. The summed E-state index contributed by atoms with van der Waals surface area (Å²) in [6, 6.07) is 5.86. The van der Waals surface area contributed by atoms with Crippen LogP contribution in [-0.4, -0.2) is 29.2 Å². The van der Waals surface area contributed by atoms with E-state index in [4.69, 9.17) is 4.74 Å². The summed E-state index contributed by atoms with van der Waals surface area (Å²) in [7, 11) is 0. The summed E-state index contributed by atoms with van der Waals surface area (Å²) in [6.45, 7) is 6.18. The molecule has 0 radical (unpaired) electrons. The number of ether oxygens (including phenoxy) is 1. The second-order valence-electron chi connectivity index (χ2n) is 7.73. The Hall–Kier alpha value is -2.17. The fourth-order valence-corrected chi connectivity index (χ4v) is 3.91. The van der Waals surface area contributed by atoms with E-state index in [-0.39, 0.29) is 36.6 Å². The quantitative estimate of drug-likeness (QED) is 0.459. The maximum Gasteiger partial charge on any atom is 0.313 e. The Morgan fingerprint density at radius 2 is 1.77 bits per heavy atom. The third-order valence-electron chi connectivity index (χ3n) is 5.57. The molecule has 0 aromatic heterocycles. The van der Waals surface area contributed by atoms with Gasteiger partial charge in [-0.2, -0.15) is 0 Å². The van der Waals surface area contributed by atoms with Gasteiger partial charge >= 0.3 is 5.97 Å². The van der Waals surface area contributed by atoms with Gasteiger partial charge in [0.05, 0.1) is 18.3 Å². The molecule has 2 fully saturated rings. The number of benzene rings is 1. The molecule has 1 aromatic rings. The SMILES string of the molecule is Cc1ccc(C(C)C)cc1OC(=O)CCN1C(=O)[C@H]2CCCC[C@H]2C1=O. The molecule has 3 rings (SSSR count). The summed E-state index contributed by atoms with van der Waals surface area (Å²) in [5.41, 5.74) is 1.99. The Bertz CT molecular complexity index is 701. The van der Waals surface area contributed by atoms with Gasteiger partial charge in [-0.05, 0) is 42.9 Å². The number of esters is 1. The van der Waals surface area contributed by atoms with Gasteiger partial charge in [-0.3, -0.25) is 19.3 Å². The number of hydrogen-bond acceptors (Lipinski definition) is 4. The fourth-order valence-electron chi connectivity index (χ4n) is 3.91. The number of carbonyl (C=O) groups is 3. The van der Waals surface area contributed by atoms with Crippen LogP contribution in [-0.2, 0) is 14.4 Å². The Balaban J connectivity index is 1.60. The molecule has 0 bridgehead atoms. The number of nitrogens with zero attached hydrogens (tertiary/aromatic N) is 1. The van der Waals surface area contributed by atoms with Crippen molar-refractivity contribution in [1.29, 1.82) is 0 Å². The first-order chi connectivity index (χ1) is 12.4. The highest BCUT2D eigenvalue weighted by atomic mass is 16.5. The van der Waals surface area contributed by atoms with Crippen LogP contribution in [0, 0.1) is 18.8 Å². The fraction of sp³-hybridized carbons (Fsp3) is 0.571. The van der Waals surface area contributed by atoms with Crippen LogP contribution in [0.15, 0.2) is 18.2 Å². The standard InChI is InChI=1S/C21H27NO4/c1-13(2)15-9-8-14(3)18(12-15)26-19(23)10-11-22-20(24)16-6-4-5-7-17(16)21(22)25/h8-9,12-13,16-17H,4-7,10-11H2,1-3H3/t16-,17+. The second kappa shape index (κ2) is 7.60. The highest BCUT2D eigenvalue weighted by molar-refractivity contribution is 6.05. The zero-order valence-corrected chi connectivity index (χ0v) is 15.8. The Labute approximate surface area is 154 Å². The van der Waals surface area contributed by atoms with Crippen LogP contribution in [0.4, 0.5) is 0 Å². The Kier molecular flexibility index (Phi) is 5.44. The van der Waals surface area contributed by atoms with Gasteiger partial charge in [0, 0.05) is 6.54 Å². The van der Waals surface area contributed by atoms with Gasteiger partial charge in [-0.1, -0.05) is 38.8 Å². The minimum absolute atomic E-state index is 0.0300. The minimum Gasteiger partial charge on any atom is -0.426 e. The molecular formula is C21H27NO4. The predicted molar refractivity (Wildman–Crippen MR) is 97.7 cm³/mol. The number of imide groups is 1. The van der Waals surface area contributed by atoms with Gasteiger partial charge in [0.15, 0.2) is 0 Å². The third kappa shape index (κ3) is 3.67. The van der Waals surface area contributed by atoms with E-state index in [1.807, 2.05) is 25.1 Å². The van der Waals surface area contributed by atoms with E-state index in [9.17, 15) is 14.4 Å². The van der Waals surface area contributed by atoms with Crippen LogP contribution in [0.3, 0.4) is 0 Å². The number of aryl methyl sites for hydroxylation is 1. The van der Waals surface area contributed by atoms with E-state index in [0.717, 1.165) is 36.8 Å². The highest BCUT2D eigenvalue weighted by Gasteiger charge is 2.47. The van der Waals surface area contributed by atoms with E-state index in [2.05, 4.69) is 13.8 Å². The van der Waals surface area contributed by atoms with E-state index >= 15 is 0 Å². The van der Waals surface area contributed by atoms with Gasteiger partial charge in [0.2, 0.25) is 11.8 Å². The summed E-state index contributed by atoms with van der Waals surface area (Å²) < 4.78 is 5.50. The van der Waals surface area contributed by atoms with Crippen molar-refractivity contribution in [2.24, 2.45) is 11.8 Å². The van der Waals surface area contributed by atoms with Crippen molar-refractivity contribution in [2.75, 3.05) is 6.54 Å². The minimum atomic E-state index is -0.413. The number of fused-ring (bicyclic) bond motifs is 1. The molecule has 0 spiro atoms. The van der Waals surface area contributed by atoms with Gasteiger partial charge < -0.3 is 4.74 Å². The van der Waals surface area contributed by atoms with Gasteiger partial charge in [0.1, 0.15) is 5.75 Å². The number of rotatable bonds is 5. The smallest absolute Gasteiger partial charge is 0.313 e. The van der Waals surface area contributed by atoms with Crippen molar-refractivity contribution >= 4 is 17.8 Å². The van der Waals surface area contributed by atoms with Crippen LogP contribution in [0.5, 0.6) is 5.75 Å². The van der Waals surface area contributed by atoms with Crippen molar-refractivity contribution in [3.63, 3.8) is 0 Å². The van der Waals surface area contributed by atoms with Gasteiger partial charge in [-0.15, -0.1) is 0 Å². The van der Waals surface area contributed by atoms with E-state index in [0.29, 0.717) is 11.7 Å². The summed E-state index contributed by atoms with van der Waals surface area (Å²) in [5.74, 6) is -0.0693. The van der Waals surface area contributed by atoms with Crippen LogP contribution in [0.25, 0.3) is 0 Å². The van der Waals surface area contributed by atoms with Crippen LogP contribution in [0.2, 0.25) is 0 Å². The monoisotopic (exact) mass is 357 g/mol. The molecule has 1 saturated heterocycles. The van der Waals surface area contributed by atoms with Crippen molar-refractivity contribution in [3.05, 3.63) is 29.3 Å². The lowest BCUT2D eigenvalue weighted by molar-refractivity contribution is -0.141. The predicted octanol–water partition coefficient (Wildman–Crippen LogP) is 3.59. The van der Waals surface area contributed by atoms with E-state index < -0.39 is 5.97 Å². The van der Waals surface area contributed by atoms with Crippen molar-refractivity contribution in [2.45, 2.75) is 58.8 Å². The number of hydrogen-bond donors (Lipinski definition) is 0. The van der Waals surface area contributed by atoms with Crippen molar-refractivity contribution in [3.8, 4) is 5.75 Å². The molecule has 1 saturated carbocycles. The van der Waals surface area contributed by atoms with Crippen LogP contribution in [0.1, 0.15) is 63.0 Å². The molecule has 2 aliphatic rings. The Morgan fingerprint density at radius 1 is 1.15 bits per heavy atom. The first kappa shape index (κ1) is 18.6. The average molecular weight is 357 g/mol. The molecule has 5 nitrogen and oxygen atoms in total. The van der Waals surface area contributed by atoms with Gasteiger partial charge in [-0.25, -0.2) is 0 Å².